The highest BCUT2D eigenvalue weighted by Crippen LogP contribution is 2.17. The van der Waals surface area contributed by atoms with Gasteiger partial charge in [0.2, 0.25) is 0 Å². The van der Waals surface area contributed by atoms with Gasteiger partial charge >= 0.3 is 0 Å². The molecular weight excluding hydrogens is 228 g/mol. The molecule has 0 saturated carbocycles. The second-order valence-electron chi connectivity index (χ2n) is 4.77. The number of nitrogens with one attached hydrogen (secondary N) is 1. The molecule has 1 aromatic carbocycles. The molecular formula is C14H22N2S. The molecule has 1 saturated heterocycles. The molecule has 1 aromatic rings. The smallest absolute Gasteiger partial charge is 0.0340 e. The summed E-state index contributed by atoms with van der Waals surface area (Å²) in [6.45, 7) is 9.12. The van der Waals surface area contributed by atoms with Crippen molar-refractivity contribution < 1.29 is 0 Å². The molecule has 0 aliphatic carbocycles. The Balaban J connectivity index is 1.70. The molecule has 3 heteroatoms. The summed E-state index contributed by atoms with van der Waals surface area (Å²) >= 11 is 2.09. The Morgan fingerprint density at radius 1 is 1.35 bits per heavy atom. The quantitative estimate of drug-likeness (QED) is 0.884. The summed E-state index contributed by atoms with van der Waals surface area (Å²) < 4.78 is 0. The molecule has 0 bridgehead atoms. The monoisotopic (exact) mass is 250 g/mol. The maximum Gasteiger partial charge on any atom is 0.0340 e. The van der Waals surface area contributed by atoms with Crippen LogP contribution in [0.3, 0.4) is 0 Å². The highest BCUT2D eigenvalue weighted by atomic mass is 32.2. The van der Waals surface area contributed by atoms with Gasteiger partial charge in [0.1, 0.15) is 0 Å². The maximum absolute atomic E-state index is 3.49. The number of hydrogen-bond donors (Lipinski definition) is 1. The minimum absolute atomic E-state index is 0.795. The van der Waals surface area contributed by atoms with E-state index >= 15 is 0 Å². The van der Waals surface area contributed by atoms with Gasteiger partial charge in [-0.2, -0.15) is 11.8 Å². The van der Waals surface area contributed by atoms with Crippen LogP contribution in [0.2, 0.25) is 0 Å². The standard InChI is InChI=1S/C14H22N2S/c1-12-3-5-14(6-4-12)15-7-8-16-9-10-17-13(2)11-16/h3-6,13,15H,7-11H2,1-2H3. The summed E-state index contributed by atoms with van der Waals surface area (Å²) in [5, 5.41) is 4.28. The van der Waals surface area contributed by atoms with Gasteiger partial charge in [-0.3, -0.25) is 4.90 Å². The van der Waals surface area contributed by atoms with Crippen molar-refractivity contribution in [3.8, 4) is 0 Å². The third-order valence-electron chi connectivity index (χ3n) is 3.13. The molecule has 1 atom stereocenters. The van der Waals surface area contributed by atoms with Crippen LogP contribution in [0.1, 0.15) is 12.5 Å². The molecule has 1 fully saturated rings. The van der Waals surface area contributed by atoms with Crippen LogP contribution in [0, 0.1) is 6.92 Å². The van der Waals surface area contributed by atoms with E-state index in [1.54, 1.807) is 0 Å². The van der Waals surface area contributed by atoms with Crippen LogP contribution in [0.25, 0.3) is 0 Å². The van der Waals surface area contributed by atoms with Crippen molar-refractivity contribution in [2.75, 3.05) is 37.2 Å². The van der Waals surface area contributed by atoms with Gasteiger partial charge in [-0.1, -0.05) is 24.6 Å². The van der Waals surface area contributed by atoms with Crippen LogP contribution < -0.4 is 5.32 Å². The molecule has 1 N–H and O–H groups in total. The van der Waals surface area contributed by atoms with Crippen molar-refractivity contribution in [2.45, 2.75) is 19.1 Å². The van der Waals surface area contributed by atoms with Crippen molar-refractivity contribution >= 4 is 17.4 Å². The van der Waals surface area contributed by atoms with Gasteiger partial charge in [-0.25, -0.2) is 0 Å². The largest absolute Gasteiger partial charge is 0.384 e. The zero-order chi connectivity index (χ0) is 12.1. The second kappa shape index (κ2) is 6.31. The first-order chi connectivity index (χ1) is 8.24. The van der Waals surface area contributed by atoms with Crippen LogP contribution in [-0.4, -0.2) is 42.1 Å². The van der Waals surface area contributed by atoms with Crippen LogP contribution >= 0.6 is 11.8 Å². The SMILES string of the molecule is Cc1ccc(NCCN2CCSC(C)C2)cc1. The minimum atomic E-state index is 0.795. The molecule has 2 rings (SSSR count). The van der Waals surface area contributed by atoms with Crippen molar-refractivity contribution in [1.29, 1.82) is 0 Å². The van der Waals surface area contributed by atoms with Gasteiger partial charge in [0.15, 0.2) is 0 Å². The normalized spacial score (nSPS) is 21.4. The Morgan fingerprint density at radius 3 is 2.82 bits per heavy atom. The van der Waals surface area contributed by atoms with Gasteiger partial charge in [0.25, 0.3) is 0 Å². The topological polar surface area (TPSA) is 15.3 Å². The predicted molar refractivity (Wildman–Crippen MR) is 78.0 cm³/mol. The van der Waals surface area contributed by atoms with E-state index in [9.17, 15) is 0 Å². The first-order valence-electron chi connectivity index (χ1n) is 6.38. The van der Waals surface area contributed by atoms with E-state index in [0.717, 1.165) is 18.3 Å². The Bertz CT molecular complexity index is 337. The van der Waals surface area contributed by atoms with Gasteiger partial charge in [0, 0.05) is 42.9 Å². The maximum atomic E-state index is 3.49. The summed E-state index contributed by atoms with van der Waals surface area (Å²) in [5.41, 5.74) is 2.55. The third kappa shape index (κ3) is 4.25. The van der Waals surface area contributed by atoms with Gasteiger partial charge in [-0.15, -0.1) is 0 Å². The lowest BCUT2D eigenvalue weighted by Gasteiger charge is -2.30. The van der Waals surface area contributed by atoms with Crippen LogP contribution in [0.4, 0.5) is 5.69 Å². The first kappa shape index (κ1) is 12.8. The third-order valence-corrected chi connectivity index (χ3v) is 4.27. The van der Waals surface area contributed by atoms with E-state index in [1.807, 2.05) is 0 Å². The average Bonchev–Trinajstić information content (AvgIpc) is 2.32. The van der Waals surface area contributed by atoms with E-state index in [4.69, 9.17) is 0 Å². The van der Waals surface area contributed by atoms with Crippen molar-refractivity contribution in [3.63, 3.8) is 0 Å². The number of thioether (sulfide) groups is 1. The molecule has 94 valence electrons. The van der Waals surface area contributed by atoms with E-state index in [-0.39, 0.29) is 0 Å². The molecule has 1 heterocycles. The summed E-state index contributed by atoms with van der Waals surface area (Å²) in [4.78, 5) is 2.56. The number of nitrogens with zero attached hydrogens (tertiary/aromatic N) is 1. The summed E-state index contributed by atoms with van der Waals surface area (Å²) in [7, 11) is 0. The molecule has 0 aromatic heterocycles. The Kier molecular flexibility index (Phi) is 4.75. The van der Waals surface area contributed by atoms with E-state index in [0.29, 0.717) is 0 Å². The highest BCUT2D eigenvalue weighted by Gasteiger charge is 2.15. The van der Waals surface area contributed by atoms with Crippen molar-refractivity contribution in [2.24, 2.45) is 0 Å². The lowest BCUT2D eigenvalue weighted by Crippen LogP contribution is -2.39. The fourth-order valence-corrected chi connectivity index (χ4v) is 3.21. The molecule has 1 aliphatic rings. The summed E-state index contributed by atoms with van der Waals surface area (Å²) in [5.74, 6) is 1.28. The Hall–Kier alpha value is -0.670. The second-order valence-corrected chi connectivity index (χ2v) is 6.32. The van der Waals surface area contributed by atoms with E-state index < -0.39 is 0 Å². The highest BCUT2D eigenvalue weighted by molar-refractivity contribution is 7.99. The number of aryl methyl sites for hydroxylation is 1. The predicted octanol–water partition coefficient (Wildman–Crippen LogP) is 2.84. The molecule has 2 nitrogen and oxygen atoms in total. The molecule has 1 aliphatic heterocycles. The molecule has 17 heavy (non-hydrogen) atoms. The van der Waals surface area contributed by atoms with E-state index in [2.05, 4.69) is 60.1 Å². The zero-order valence-corrected chi connectivity index (χ0v) is 11.6. The Morgan fingerprint density at radius 2 is 2.12 bits per heavy atom. The molecule has 1 unspecified atom stereocenters. The number of rotatable bonds is 4. The lowest BCUT2D eigenvalue weighted by molar-refractivity contribution is 0.297. The first-order valence-corrected chi connectivity index (χ1v) is 7.43. The van der Waals surface area contributed by atoms with Crippen LogP contribution in [-0.2, 0) is 0 Å². The van der Waals surface area contributed by atoms with Gasteiger partial charge in [-0.05, 0) is 19.1 Å². The van der Waals surface area contributed by atoms with Crippen LogP contribution in [0.15, 0.2) is 24.3 Å². The summed E-state index contributed by atoms with van der Waals surface area (Å²) in [6, 6.07) is 8.62. The average molecular weight is 250 g/mol. The number of benzene rings is 1. The molecule has 0 amide bonds. The molecule has 0 radical (unpaired) electrons. The van der Waals surface area contributed by atoms with Crippen LogP contribution in [0.5, 0.6) is 0 Å². The minimum Gasteiger partial charge on any atom is -0.384 e. The zero-order valence-electron chi connectivity index (χ0n) is 10.8. The molecule has 0 spiro atoms. The van der Waals surface area contributed by atoms with Crippen molar-refractivity contribution in [3.05, 3.63) is 29.8 Å². The Labute approximate surface area is 109 Å². The lowest BCUT2D eigenvalue weighted by atomic mass is 10.2. The fourth-order valence-electron chi connectivity index (χ4n) is 2.12. The number of hydrogen-bond acceptors (Lipinski definition) is 3. The van der Waals surface area contributed by atoms with E-state index in [1.165, 1.54) is 30.1 Å². The van der Waals surface area contributed by atoms with Gasteiger partial charge < -0.3 is 5.32 Å². The summed E-state index contributed by atoms with van der Waals surface area (Å²) in [6.07, 6.45) is 0. The van der Waals surface area contributed by atoms with Gasteiger partial charge in [0.05, 0.1) is 0 Å². The number of anilines is 1. The fraction of sp³-hybridized carbons (Fsp3) is 0.571. The van der Waals surface area contributed by atoms with Crippen molar-refractivity contribution in [1.82, 2.24) is 4.90 Å².